The number of ether oxygens (including phenoxy) is 2. The van der Waals surface area contributed by atoms with Crippen LogP contribution in [0.15, 0.2) is 0 Å². The van der Waals surface area contributed by atoms with Crippen LogP contribution in [0.25, 0.3) is 0 Å². The van der Waals surface area contributed by atoms with Crippen molar-refractivity contribution in [2.24, 2.45) is 0 Å². The van der Waals surface area contributed by atoms with Crippen LogP contribution in [0.5, 0.6) is 0 Å². The van der Waals surface area contributed by atoms with Crippen molar-refractivity contribution < 1.29 is 14.3 Å². The molecule has 6 heteroatoms. The fourth-order valence-electron chi connectivity index (χ4n) is 3.09. The van der Waals surface area contributed by atoms with Gasteiger partial charge < -0.3 is 19.7 Å². The summed E-state index contributed by atoms with van der Waals surface area (Å²) in [6.07, 6.45) is 0.849. The molecular weight excluding hydrogens is 246 g/mol. The lowest BCUT2D eigenvalue weighted by Gasteiger charge is -2.39. The van der Waals surface area contributed by atoms with Gasteiger partial charge in [0.05, 0.1) is 19.8 Å². The second-order valence-corrected chi connectivity index (χ2v) is 5.44. The maximum absolute atomic E-state index is 12.3. The quantitative estimate of drug-likeness (QED) is 0.690. The van der Waals surface area contributed by atoms with Gasteiger partial charge in [-0.15, -0.1) is 0 Å². The van der Waals surface area contributed by atoms with E-state index in [4.69, 9.17) is 9.47 Å². The van der Waals surface area contributed by atoms with Crippen LogP contribution in [-0.4, -0.2) is 86.9 Å². The van der Waals surface area contributed by atoms with Crippen LogP contribution in [0.2, 0.25) is 0 Å². The zero-order valence-electron chi connectivity index (χ0n) is 11.3. The first-order valence-electron chi connectivity index (χ1n) is 7.27. The molecule has 0 aromatic heterocycles. The van der Waals surface area contributed by atoms with Gasteiger partial charge in [-0.25, -0.2) is 0 Å². The number of hydrogen-bond acceptors (Lipinski definition) is 5. The molecule has 3 heterocycles. The van der Waals surface area contributed by atoms with Crippen molar-refractivity contribution in [3.63, 3.8) is 0 Å². The van der Waals surface area contributed by atoms with Crippen LogP contribution >= 0.6 is 0 Å². The molecule has 1 amide bonds. The number of nitrogens with zero attached hydrogens (tertiary/aromatic N) is 2. The van der Waals surface area contributed by atoms with E-state index in [1.165, 1.54) is 6.42 Å². The minimum atomic E-state index is -0.381. The van der Waals surface area contributed by atoms with Gasteiger partial charge in [-0.3, -0.25) is 9.69 Å². The monoisotopic (exact) mass is 269 g/mol. The summed E-state index contributed by atoms with van der Waals surface area (Å²) >= 11 is 0. The zero-order valence-corrected chi connectivity index (χ0v) is 11.3. The average Bonchev–Trinajstić information content (AvgIpc) is 3.02. The maximum atomic E-state index is 12.3. The van der Waals surface area contributed by atoms with Crippen molar-refractivity contribution in [1.29, 1.82) is 0 Å². The molecule has 0 bridgehead atoms. The highest BCUT2D eigenvalue weighted by Gasteiger charge is 2.32. The van der Waals surface area contributed by atoms with Crippen molar-refractivity contribution in [3.05, 3.63) is 0 Å². The Morgan fingerprint density at radius 3 is 2.63 bits per heavy atom. The molecule has 3 fully saturated rings. The largest absolute Gasteiger partial charge is 0.376 e. The number of piperazine rings is 1. The number of amides is 1. The molecule has 6 nitrogen and oxygen atoms in total. The Labute approximate surface area is 114 Å². The van der Waals surface area contributed by atoms with Crippen molar-refractivity contribution in [3.8, 4) is 0 Å². The van der Waals surface area contributed by atoms with E-state index in [-0.39, 0.29) is 12.0 Å². The van der Waals surface area contributed by atoms with Gasteiger partial charge in [0.2, 0.25) is 0 Å². The molecule has 3 saturated heterocycles. The summed E-state index contributed by atoms with van der Waals surface area (Å²) in [5.74, 6) is 0.101. The second-order valence-electron chi connectivity index (χ2n) is 5.44. The lowest BCUT2D eigenvalue weighted by atomic mass is 10.1. The van der Waals surface area contributed by atoms with Crippen LogP contribution in [0.4, 0.5) is 0 Å². The smallest absolute Gasteiger partial charge is 0.254 e. The molecule has 3 aliphatic rings. The molecule has 1 N–H and O–H groups in total. The number of nitrogens with one attached hydrogen (secondary N) is 1. The molecule has 0 radical (unpaired) electrons. The molecule has 3 aliphatic heterocycles. The van der Waals surface area contributed by atoms with E-state index in [1.54, 1.807) is 0 Å². The van der Waals surface area contributed by atoms with Crippen LogP contribution in [0, 0.1) is 0 Å². The number of rotatable bonds is 2. The van der Waals surface area contributed by atoms with Crippen molar-refractivity contribution >= 4 is 5.91 Å². The molecule has 3 rings (SSSR count). The minimum absolute atomic E-state index is 0.101. The molecule has 0 aromatic rings. The Morgan fingerprint density at radius 1 is 1.16 bits per heavy atom. The van der Waals surface area contributed by atoms with Crippen LogP contribution in [0.1, 0.15) is 6.42 Å². The van der Waals surface area contributed by atoms with E-state index in [1.807, 2.05) is 4.90 Å². The Bertz CT molecular complexity index is 306. The highest BCUT2D eigenvalue weighted by molar-refractivity contribution is 5.81. The van der Waals surface area contributed by atoms with E-state index in [0.717, 1.165) is 39.3 Å². The predicted molar refractivity (Wildman–Crippen MR) is 70.0 cm³/mol. The lowest BCUT2D eigenvalue weighted by molar-refractivity contribution is -0.159. The standard InChI is InChI=1S/C13H23N3O3/c17-13(12-10-18-7-8-19-12)16-5-3-15(4-6-16)11-1-2-14-9-11/h11-12,14H,1-10H2. The first-order chi connectivity index (χ1) is 9.34. The van der Waals surface area contributed by atoms with Gasteiger partial charge in [-0.1, -0.05) is 0 Å². The molecule has 19 heavy (non-hydrogen) atoms. The van der Waals surface area contributed by atoms with Gasteiger partial charge in [-0.2, -0.15) is 0 Å². The second kappa shape index (κ2) is 6.17. The molecule has 108 valence electrons. The lowest BCUT2D eigenvalue weighted by Crippen LogP contribution is -2.55. The molecular formula is C13H23N3O3. The minimum Gasteiger partial charge on any atom is -0.376 e. The number of carbonyl (C=O) groups is 1. The summed E-state index contributed by atoms with van der Waals surface area (Å²) in [5.41, 5.74) is 0. The summed E-state index contributed by atoms with van der Waals surface area (Å²) in [6.45, 7) is 7.34. The fourth-order valence-corrected chi connectivity index (χ4v) is 3.09. The highest BCUT2D eigenvalue weighted by Crippen LogP contribution is 2.14. The van der Waals surface area contributed by atoms with Gasteiger partial charge >= 0.3 is 0 Å². The topological polar surface area (TPSA) is 54.0 Å². The number of hydrogen-bond donors (Lipinski definition) is 1. The molecule has 0 aromatic carbocycles. The first-order valence-corrected chi connectivity index (χ1v) is 7.27. The van der Waals surface area contributed by atoms with Crippen LogP contribution < -0.4 is 5.32 Å². The third kappa shape index (κ3) is 3.08. The number of carbonyl (C=O) groups excluding carboxylic acids is 1. The molecule has 0 aliphatic carbocycles. The molecule has 0 saturated carbocycles. The van der Waals surface area contributed by atoms with Crippen molar-refractivity contribution in [2.75, 3.05) is 59.1 Å². The summed E-state index contributed by atoms with van der Waals surface area (Å²) in [4.78, 5) is 16.7. The summed E-state index contributed by atoms with van der Waals surface area (Å²) in [5, 5.41) is 3.40. The summed E-state index contributed by atoms with van der Waals surface area (Å²) < 4.78 is 10.8. The normalized spacial score (nSPS) is 33.6. The van der Waals surface area contributed by atoms with E-state index < -0.39 is 0 Å². The van der Waals surface area contributed by atoms with Crippen LogP contribution in [-0.2, 0) is 14.3 Å². The zero-order chi connectivity index (χ0) is 13.1. The molecule has 2 atom stereocenters. The average molecular weight is 269 g/mol. The van der Waals surface area contributed by atoms with E-state index in [0.29, 0.717) is 25.9 Å². The fraction of sp³-hybridized carbons (Fsp3) is 0.923. The van der Waals surface area contributed by atoms with Gasteiger partial charge in [0.25, 0.3) is 5.91 Å². The Hall–Kier alpha value is -0.690. The van der Waals surface area contributed by atoms with Gasteiger partial charge in [-0.05, 0) is 13.0 Å². The summed E-state index contributed by atoms with van der Waals surface area (Å²) in [6, 6.07) is 0.659. The van der Waals surface area contributed by atoms with Crippen molar-refractivity contribution in [1.82, 2.24) is 15.1 Å². The molecule has 0 spiro atoms. The van der Waals surface area contributed by atoms with Gasteiger partial charge in [0, 0.05) is 38.8 Å². The highest BCUT2D eigenvalue weighted by atomic mass is 16.6. The third-order valence-electron chi connectivity index (χ3n) is 4.27. The van der Waals surface area contributed by atoms with Gasteiger partial charge in [0.15, 0.2) is 6.10 Å². The first kappa shape index (κ1) is 13.3. The SMILES string of the molecule is O=C(C1COCCO1)N1CCN(C2CCNC2)CC1. The van der Waals surface area contributed by atoms with Crippen LogP contribution in [0.3, 0.4) is 0 Å². The van der Waals surface area contributed by atoms with E-state index in [2.05, 4.69) is 10.2 Å². The predicted octanol–water partition coefficient (Wildman–Crippen LogP) is -1.09. The van der Waals surface area contributed by atoms with Gasteiger partial charge in [0.1, 0.15) is 0 Å². The maximum Gasteiger partial charge on any atom is 0.254 e. The van der Waals surface area contributed by atoms with E-state index in [9.17, 15) is 4.79 Å². The molecule has 2 unspecified atom stereocenters. The van der Waals surface area contributed by atoms with E-state index >= 15 is 0 Å². The Balaban J connectivity index is 1.47. The Kier molecular flexibility index (Phi) is 4.32. The summed E-state index contributed by atoms with van der Waals surface area (Å²) in [7, 11) is 0. The Morgan fingerprint density at radius 2 is 2.00 bits per heavy atom. The third-order valence-corrected chi connectivity index (χ3v) is 4.27. The van der Waals surface area contributed by atoms with Crippen molar-refractivity contribution in [2.45, 2.75) is 18.6 Å².